The molecule has 1 spiro atoms. The molecular weight excluding hydrogens is 322 g/mol. The Bertz CT molecular complexity index is 638. The molecule has 0 aromatic carbocycles. The number of aromatic nitrogens is 3. The molecule has 2 saturated heterocycles. The standard InChI is InChI=1S/C17H23N5OS/c1-2-17(11-21(4-1)10-16-20-3-7-24-16)12-22(5-6-23-13-17)15-8-18-14-19-9-15/h3,7-9,14H,1-2,4-6,10-13H2/t17-/m1/s1. The van der Waals surface area contributed by atoms with Gasteiger partial charge in [0.15, 0.2) is 0 Å². The predicted octanol–water partition coefficient (Wildman–Crippen LogP) is 2.05. The van der Waals surface area contributed by atoms with Crippen molar-refractivity contribution in [2.45, 2.75) is 19.4 Å². The Kier molecular flexibility index (Phi) is 4.73. The zero-order valence-corrected chi connectivity index (χ0v) is 14.6. The lowest BCUT2D eigenvalue weighted by Crippen LogP contribution is -2.50. The van der Waals surface area contributed by atoms with Crippen LogP contribution in [0.25, 0.3) is 0 Å². The summed E-state index contributed by atoms with van der Waals surface area (Å²) in [5, 5.41) is 3.26. The van der Waals surface area contributed by atoms with E-state index in [9.17, 15) is 0 Å². The van der Waals surface area contributed by atoms with Crippen molar-refractivity contribution in [3.63, 3.8) is 0 Å². The van der Waals surface area contributed by atoms with E-state index in [2.05, 4.69) is 30.1 Å². The van der Waals surface area contributed by atoms with E-state index in [1.165, 1.54) is 17.8 Å². The van der Waals surface area contributed by atoms with Crippen molar-refractivity contribution in [3.8, 4) is 0 Å². The van der Waals surface area contributed by atoms with Gasteiger partial charge in [-0.2, -0.15) is 0 Å². The fourth-order valence-corrected chi connectivity index (χ4v) is 4.54. The molecule has 0 unspecified atom stereocenters. The van der Waals surface area contributed by atoms with E-state index in [4.69, 9.17) is 4.74 Å². The van der Waals surface area contributed by atoms with Gasteiger partial charge in [-0.3, -0.25) is 4.90 Å². The number of anilines is 1. The predicted molar refractivity (Wildman–Crippen MR) is 94.1 cm³/mol. The molecule has 0 amide bonds. The number of nitrogens with zero attached hydrogens (tertiary/aromatic N) is 5. The van der Waals surface area contributed by atoms with Gasteiger partial charge >= 0.3 is 0 Å². The van der Waals surface area contributed by atoms with E-state index in [0.29, 0.717) is 0 Å². The smallest absolute Gasteiger partial charge is 0.115 e. The minimum Gasteiger partial charge on any atom is -0.379 e. The van der Waals surface area contributed by atoms with E-state index in [1.54, 1.807) is 17.7 Å². The highest BCUT2D eigenvalue weighted by Crippen LogP contribution is 2.35. The second kappa shape index (κ2) is 7.13. The minimum absolute atomic E-state index is 0.182. The quantitative estimate of drug-likeness (QED) is 0.849. The van der Waals surface area contributed by atoms with E-state index < -0.39 is 0 Å². The average Bonchev–Trinajstić information content (AvgIpc) is 3.03. The van der Waals surface area contributed by atoms with Crippen LogP contribution in [0, 0.1) is 5.41 Å². The molecule has 0 aliphatic carbocycles. The van der Waals surface area contributed by atoms with Crippen molar-refractivity contribution in [1.82, 2.24) is 19.9 Å². The number of piperidine rings is 1. The van der Waals surface area contributed by atoms with Crippen molar-refractivity contribution >= 4 is 17.0 Å². The largest absolute Gasteiger partial charge is 0.379 e. The molecule has 2 aliphatic heterocycles. The van der Waals surface area contributed by atoms with Crippen LogP contribution < -0.4 is 4.90 Å². The molecule has 4 rings (SSSR count). The van der Waals surface area contributed by atoms with Crippen molar-refractivity contribution in [3.05, 3.63) is 35.3 Å². The van der Waals surface area contributed by atoms with Gasteiger partial charge in [0.25, 0.3) is 0 Å². The third-order valence-electron chi connectivity index (χ3n) is 4.93. The molecule has 1 atom stereocenters. The highest BCUT2D eigenvalue weighted by molar-refractivity contribution is 7.09. The lowest BCUT2D eigenvalue weighted by atomic mass is 9.80. The van der Waals surface area contributed by atoms with Crippen LogP contribution in [0.3, 0.4) is 0 Å². The number of likely N-dealkylation sites (tertiary alicyclic amines) is 1. The van der Waals surface area contributed by atoms with Gasteiger partial charge in [0.1, 0.15) is 11.3 Å². The third-order valence-corrected chi connectivity index (χ3v) is 5.70. The Morgan fingerprint density at radius 3 is 2.96 bits per heavy atom. The summed E-state index contributed by atoms with van der Waals surface area (Å²) in [7, 11) is 0. The maximum absolute atomic E-state index is 6.00. The van der Waals surface area contributed by atoms with Crippen molar-refractivity contribution in [2.24, 2.45) is 5.41 Å². The van der Waals surface area contributed by atoms with Crippen LogP contribution in [0.1, 0.15) is 17.8 Å². The van der Waals surface area contributed by atoms with Gasteiger partial charge in [-0.1, -0.05) is 0 Å². The van der Waals surface area contributed by atoms with Gasteiger partial charge < -0.3 is 9.64 Å². The fraction of sp³-hybridized carbons (Fsp3) is 0.588. The van der Waals surface area contributed by atoms with Crippen molar-refractivity contribution in [2.75, 3.05) is 44.3 Å². The van der Waals surface area contributed by atoms with Crippen molar-refractivity contribution < 1.29 is 4.74 Å². The summed E-state index contributed by atoms with van der Waals surface area (Å²) >= 11 is 1.74. The van der Waals surface area contributed by atoms with E-state index in [-0.39, 0.29) is 5.41 Å². The summed E-state index contributed by atoms with van der Waals surface area (Å²) < 4.78 is 6.00. The van der Waals surface area contributed by atoms with Gasteiger partial charge in [0, 0.05) is 36.6 Å². The first-order chi connectivity index (χ1) is 11.8. The highest BCUT2D eigenvalue weighted by atomic mass is 32.1. The number of hydrogen-bond donors (Lipinski definition) is 0. The summed E-state index contributed by atoms with van der Waals surface area (Å²) in [6.07, 6.45) is 9.72. The lowest BCUT2D eigenvalue weighted by Gasteiger charge is -2.43. The number of rotatable bonds is 3. The Balaban J connectivity index is 1.49. The third kappa shape index (κ3) is 3.58. The zero-order valence-electron chi connectivity index (χ0n) is 13.8. The molecule has 2 aromatic rings. The van der Waals surface area contributed by atoms with Gasteiger partial charge in [0.2, 0.25) is 0 Å². The van der Waals surface area contributed by atoms with Gasteiger partial charge in [-0.15, -0.1) is 11.3 Å². The topological polar surface area (TPSA) is 54.4 Å². The molecule has 2 fully saturated rings. The molecule has 0 saturated carbocycles. The van der Waals surface area contributed by atoms with E-state index >= 15 is 0 Å². The molecule has 0 bridgehead atoms. The van der Waals surface area contributed by atoms with Crippen LogP contribution in [0.15, 0.2) is 30.3 Å². The molecule has 2 aromatic heterocycles. The Hall–Kier alpha value is -1.57. The molecule has 7 heteroatoms. The van der Waals surface area contributed by atoms with Crippen LogP contribution in [0.4, 0.5) is 5.69 Å². The first kappa shape index (κ1) is 15.9. The molecule has 24 heavy (non-hydrogen) atoms. The summed E-state index contributed by atoms with van der Waals surface area (Å²) in [6, 6.07) is 0. The second-order valence-corrected chi connectivity index (χ2v) is 7.79. The minimum atomic E-state index is 0.182. The maximum atomic E-state index is 6.00. The second-order valence-electron chi connectivity index (χ2n) is 6.81. The monoisotopic (exact) mass is 345 g/mol. The molecule has 2 aliphatic rings. The van der Waals surface area contributed by atoms with Crippen LogP contribution in [-0.2, 0) is 11.3 Å². The van der Waals surface area contributed by atoms with Crippen molar-refractivity contribution in [1.29, 1.82) is 0 Å². The Morgan fingerprint density at radius 1 is 1.21 bits per heavy atom. The first-order valence-electron chi connectivity index (χ1n) is 8.51. The van der Waals surface area contributed by atoms with E-state index in [1.807, 2.05) is 18.6 Å². The highest BCUT2D eigenvalue weighted by Gasteiger charge is 2.39. The molecular formula is C17H23N5OS. The first-order valence-corrected chi connectivity index (χ1v) is 9.39. The molecule has 0 radical (unpaired) electrons. The fourth-order valence-electron chi connectivity index (χ4n) is 3.88. The molecule has 6 nitrogen and oxygen atoms in total. The summed E-state index contributed by atoms with van der Waals surface area (Å²) in [5.41, 5.74) is 1.28. The molecule has 0 N–H and O–H groups in total. The Morgan fingerprint density at radius 2 is 2.12 bits per heavy atom. The number of ether oxygens (including phenoxy) is 1. The molecule has 128 valence electrons. The normalized spacial score (nSPS) is 25.8. The number of hydrogen-bond acceptors (Lipinski definition) is 7. The van der Waals surface area contributed by atoms with Crippen LogP contribution >= 0.6 is 11.3 Å². The van der Waals surface area contributed by atoms with Gasteiger partial charge in [-0.05, 0) is 19.4 Å². The number of thiazole rings is 1. The summed E-state index contributed by atoms with van der Waals surface area (Å²) in [4.78, 5) is 17.7. The van der Waals surface area contributed by atoms with E-state index in [0.717, 1.165) is 51.6 Å². The summed E-state index contributed by atoms with van der Waals surface area (Å²) in [6.45, 7) is 6.69. The van der Waals surface area contributed by atoms with Gasteiger partial charge in [0.05, 0.1) is 37.8 Å². The van der Waals surface area contributed by atoms with Crippen LogP contribution in [-0.4, -0.2) is 59.2 Å². The SMILES string of the molecule is c1ncc(N2CCOC[C@@]3(CCCN(Cc4nccs4)C3)C2)cn1. The maximum Gasteiger partial charge on any atom is 0.115 e. The average molecular weight is 345 g/mol. The molecule has 4 heterocycles. The van der Waals surface area contributed by atoms with Gasteiger partial charge in [-0.25, -0.2) is 15.0 Å². The van der Waals surface area contributed by atoms with Crippen LogP contribution in [0.5, 0.6) is 0 Å². The summed E-state index contributed by atoms with van der Waals surface area (Å²) in [5.74, 6) is 0. The van der Waals surface area contributed by atoms with Crippen LogP contribution in [0.2, 0.25) is 0 Å². The zero-order chi connectivity index (χ0) is 16.2. The lowest BCUT2D eigenvalue weighted by molar-refractivity contribution is 0.0106. The Labute approximate surface area is 146 Å².